The molecule has 0 unspecified atom stereocenters. The lowest BCUT2D eigenvalue weighted by Gasteiger charge is -2.18. The maximum atomic E-state index is 14.2. The normalized spacial score (nSPS) is 15.3. The summed E-state index contributed by atoms with van der Waals surface area (Å²) in [6.07, 6.45) is -5.77. The van der Waals surface area contributed by atoms with Gasteiger partial charge in [0.2, 0.25) is 0 Å². The van der Waals surface area contributed by atoms with Gasteiger partial charge in [0.15, 0.2) is 0 Å². The van der Waals surface area contributed by atoms with Crippen molar-refractivity contribution in [3.8, 4) is 0 Å². The highest BCUT2D eigenvalue weighted by molar-refractivity contribution is 7.18. The van der Waals surface area contributed by atoms with Gasteiger partial charge in [-0.2, -0.15) is 13.2 Å². The van der Waals surface area contributed by atoms with Gasteiger partial charge < -0.3 is 10.2 Å². The van der Waals surface area contributed by atoms with Gasteiger partial charge in [-0.15, -0.1) is 11.3 Å². The summed E-state index contributed by atoms with van der Waals surface area (Å²) in [5.41, 5.74) is -3.16. The Morgan fingerprint density at radius 3 is 2.30 bits per heavy atom. The van der Waals surface area contributed by atoms with Crippen LogP contribution >= 0.6 is 11.3 Å². The maximum absolute atomic E-state index is 14.2. The predicted molar refractivity (Wildman–Crippen MR) is 105 cm³/mol. The largest absolute Gasteiger partial charge is 0.390 e. The minimum absolute atomic E-state index is 0.0839. The van der Waals surface area contributed by atoms with Crippen molar-refractivity contribution in [2.24, 2.45) is 0 Å². The standard InChI is InChI=1S/C18H22F4N4O3S/c1-10-11(8-24-7-5-23-15(24)28)30-14-12(10)13(27)26(9-17(2,3)19)16(29)25(14)6-4-18(20,21)22/h4-9H2,1-3H3,(H,23,28). The van der Waals surface area contributed by atoms with E-state index in [9.17, 15) is 31.9 Å². The van der Waals surface area contributed by atoms with Crippen molar-refractivity contribution in [3.05, 3.63) is 31.3 Å². The molecule has 2 aromatic rings. The highest BCUT2D eigenvalue weighted by atomic mass is 32.1. The van der Waals surface area contributed by atoms with E-state index < -0.39 is 42.6 Å². The number of amides is 2. The Labute approximate surface area is 172 Å². The third kappa shape index (κ3) is 4.52. The van der Waals surface area contributed by atoms with Gasteiger partial charge in [-0.05, 0) is 26.3 Å². The smallest absolute Gasteiger partial charge is 0.336 e. The molecule has 30 heavy (non-hydrogen) atoms. The molecule has 0 radical (unpaired) electrons. The highest BCUT2D eigenvalue weighted by Crippen LogP contribution is 2.30. The number of halogens is 4. The Morgan fingerprint density at radius 2 is 1.77 bits per heavy atom. The number of carbonyl (C=O) groups is 1. The van der Waals surface area contributed by atoms with Crippen LogP contribution in [0, 0.1) is 6.92 Å². The number of aromatic nitrogens is 2. The van der Waals surface area contributed by atoms with Gasteiger partial charge in [-0.1, -0.05) is 0 Å². The van der Waals surface area contributed by atoms with Crippen molar-refractivity contribution in [1.29, 1.82) is 0 Å². The minimum Gasteiger partial charge on any atom is -0.336 e. The van der Waals surface area contributed by atoms with Gasteiger partial charge in [0, 0.05) is 24.5 Å². The van der Waals surface area contributed by atoms with Crippen LogP contribution in [0.2, 0.25) is 0 Å². The van der Waals surface area contributed by atoms with E-state index >= 15 is 0 Å². The van der Waals surface area contributed by atoms with Crippen LogP contribution < -0.4 is 16.6 Å². The maximum Gasteiger partial charge on any atom is 0.390 e. The first-order valence-corrected chi connectivity index (χ1v) is 10.1. The summed E-state index contributed by atoms with van der Waals surface area (Å²) in [7, 11) is 0. The van der Waals surface area contributed by atoms with Gasteiger partial charge in [0.05, 0.1) is 24.9 Å². The van der Waals surface area contributed by atoms with Crippen molar-refractivity contribution in [2.45, 2.75) is 58.7 Å². The van der Waals surface area contributed by atoms with Gasteiger partial charge in [0.25, 0.3) is 5.56 Å². The Hall–Kier alpha value is -2.37. The van der Waals surface area contributed by atoms with Crippen LogP contribution in [0.4, 0.5) is 22.4 Å². The average molecular weight is 450 g/mol. The molecule has 0 aliphatic carbocycles. The molecular formula is C18H22F4N4O3S. The van der Waals surface area contributed by atoms with E-state index in [1.54, 1.807) is 6.92 Å². The quantitative estimate of drug-likeness (QED) is 0.688. The molecule has 2 amide bonds. The SMILES string of the molecule is Cc1c(CN2CCNC2=O)sc2c1c(=O)n(CC(C)(C)F)c(=O)n2CCC(F)(F)F. The number of aryl methyl sites for hydroxylation is 2. The summed E-state index contributed by atoms with van der Waals surface area (Å²) < 4.78 is 54.3. The van der Waals surface area contributed by atoms with Gasteiger partial charge >= 0.3 is 17.9 Å². The summed E-state index contributed by atoms with van der Waals surface area (Å²) in [5.74, 6) is 0. The average Bonchev–Trinajstić information content (AvgIpc) is 3.14. The summed E-state index contributed by atoms with van der Waals surface area (Å²) in [5, 5.41) is 2.73. The molecule has 2 aromatic heterocycles. The summed E-state index contributed by atoms with van der Waals surface area (Å²) in [6, 6.07) is -0.280. The van der Waals surface area contributed by atoms with Crippen molar-refractivity contribution in [2.75, 3.05) is 13.1 Å². The first-order valence-electron chi connectivity index (χ1n) is 9.32. The Balaban J connectivity index is 2.19. The predicted octanol–water partition coefficient (Wildman–Crippen LogP) is 2.76. The number of nitrogens with zero attached hydrogens (tertiary/aromatic N) is 3. The fourth-order valence-electron chi connectivity index (χ4n) is 3.38. The molecule has 3 heterocycles. The van der Waals surface area contributed by atoms with Crippen LogP contribution in [0.15, 0.2) is 9.59 Å². The van der Waals surface area contributed by atoms with E-state index in [1.165, 1.54) is 18.7 Å². The molecule has 0 bridgehead atoms. The Morgan fingerprint density at radius 1 is 1.10 bits per heavy atom. The summed E-state index contributed by atoms with van der Waals surface area (Å²) >= 11 is 1.01. The lowest BCUT2D eigenvalue weighted by molar-refractivity contribution is -0.136. The molecule has 0 atom stereocenters. The molecule has 1 saturated heterocycles. The molecule has 12 heteroatoms. The van der Waals surface area contributed by atoms with Crippen LogP contribution in [0.1, 0.15) is 30.7 Å². The molecule has 0 aromatic carbocycles. The molecule has 7 nitrogen and oxygen atoms in total. The molecule has 1 N–H and O–H groups in total. The molecule has 1 aliphatic heterocycles. The molecule has 1 aliphatic rings. The second kappa shape index (κ2) is 7.71. The van der Waals surface area contributed by atoms with Crippen molar-refractivity contribution in [3.63, 3.8) is 0 Å². The first-order chi connectivity index (χ1) is 13.8. The summed E-state index contributed by atoms with van der Waals surface area (Å²) in [6.45, 7) is 3.81. The lowest BCUT2D eigenvalue weighted by atomic mass is 10.1. The number of alkyl halides is 4. The number of carbonyl (C=O) groups excluding carboxylic acids is 1. The number of nitrogens with one attached hydrogen (secondary N) is 1. The number of fused-ring (bicyclic) bond motifs is 1. The third-order valence-corrected chi connectivity index (χ3v) is 6.13. The van der Waals surface area contributed by atoms with E-state index in [0.29, 0.717) is 28.1 Å². The van der Waals surface area contributed by atoms with Gasteiger partial charge in [-0.25, -0.2) is 14.0 Å². The topological polar surface area (TPSA) is 76.3 Å². The second-order valence-corrected chi connectivity index (χ2v) is 8.98. The van der Waals surface area contributed by atoms with Crippen LogP contribution in [0.5, 0.6) is 0 Å². The van der Waals surface area contributed by atoms with E-state index in [-0.39, 0.29) is 22.8 Å². The van der Waals surface area contributed by atoms with E-state index in [0.717, 1.165) is 15.9 Å². The van der Waals surface area contributed by atoms with Crippen LogP contribution in [0.3, 0.4) is 0 Å². The first kappa shape index (κ1) is 22.3. The monoisotopic (exact) mass is 450 g/mol. The molecule has 1 fully saturated rings. The Kier molecular flexibility index (Phi) is 5.74. The Bertz CT molecular complexity index is 1090. The summed E-state index contributed by atoms with van der Waals surface area (Å²) in [4.78, 5) is 39.9. The highest BCUT2D eigenvalue weighted by Gasteiger charge is 2.30. The zero-order valence-electron chi connectivity index (χ0n) is 16.7. The molecule has 3 rings (SSSR count). The lowest BCUT2D eigenvalue weighted by Crippen LogP contribution is -2.43. The van der Waals surface area contributed by atoms with E-state index in [4.69, 9.17) is 0 Å². The second-order valence-electron chi connectivity index (χ2n) is 7.89. The minimum atomic E-state index is -4.51. The number of urea groups is 1. The number of hydrogen-bond donors (Lipinski definition) is 1. The van der Waals surface area contributed by atoms with Crippen molar-refractivity contribution >= 4 is 27.6 Å². The van der Waals surface area contributed by atoms with E-state index in [2.05, 4.69) is 5.32 Å². The number of hydrogen-bond acceptors (Lipinski definition) is 4. The zero-order chi connectivity index (χ0) is 22.4. The van der Waals surface area contributed by atoms with Gasteiger partial charge in [-0.3, -0.25) is 13.9 Å². The van der Waals surface area contributed by atoms with Gasteiger partial charge in [0.1, 0.15) is 10.5 Å². The fourth-order valence-corrected chi connectivity index (χ4v) is 4.71. The van der Waals surface area contributed by atoms with Crippen LogP contribution in [-0.2, 0) is 19.6 Å². The fraction of sp³-hybridized carbons (Fsp3) is 0.611. The van der Waals surface area contributed by atoms with E-state index in [1.807, 2.05) is 0 Å². The van der Waals surface area contributed by atoms with Crippen molar-refractivity contribution < 1.29 is 22.4 Å². The molecule has 166 valence electrons. The molecular weight excluding hydrogens is 428 g/mol. The number of thiophene rings is 1. The number of rotatable bonds is 6. The van der Waals surface area contributed by atoms with Crippen LogP contribution in [0.25, 0.3) is 10.2 Å². The third-order valence-electron chi connectivity index (χ3n) is 4.83. The molecule has 0 spiro atoms. The zero-order valence-corrected chi connectivity index (χ0v) is 17.5. The van der Waals surface area contributed by atoms with Crippen LogP contribution in [-0.4, -0.2) is 45.0 Å². The molecule has 0 saturated carbocycles. The van der Waals surface area contributed by atoms with Crippen molar-refractivity contribution in [1.82, 2.24) is 19.4 Å².